The summed E-state index contributed by atoms with van der Waals surface area (Å²) in [5.74, 6) is 0.0592. The van der Waals surface area contributed by atoms with Gasteiger partial charge in [-0.1, -0.05) is 6.07 Å². The van der Waals surface area contributed by atoms with Gasteiger partial charge in [-0.2, -0.15) is 0 Å². The normalized spacial score (nSPS) is 10.8. The molecule has 2 N–H and O–H groups in total. The van der Waals surface area contributed by atoms with E-state index in [1.54, 1.807) is 7.11 Å². The van der Waals surface area contributed by atoms with Gasteiger partial charge >= 0.3 is 5.97 Å². The summed E-state index contributed by atoms with van der Waals surface area (Å²) in [7, 11) is 1.65. The number of rotatable bonds is 5. The van der Waals surface area contributed by atoms with Gasteiger partial charge in [0.25, 0.3) is 0 Å². The summed E-state index contributed by atoms with van der Waals surface area (Å²) in [6.07, 6.45) is 0.704. The fourth-order valence-corrected chi connectivity index (χ4v) is 2.51. The number of methoxy groups -OCH3 is 1. The molecule has 0 saturated carbocycles. The van der Waals surface area contributed by atoms with Crippen LogP contribution in [0.5, 0.6) is 5.75 Å². The maximum atomic E-state index is 10.7. The minimum Gasteiger partial charge on any atom is -0.497 e. The van der Waals surface area contributed by atoms with E-state index < -0.39 is 5.97 Å². The molecule has 2 aromatic carbocycles. The van der Waals surface area contributed by atoms with Crippen LogP contribution in [0.15, 0.2) is 48.5 Å². The van der Waals surface area contributed by atoms with Crippen molar-refractivity contribution in [3.8, 4) is 17.0 Å². The van der Waals surface area contributed by atoms with Crippen molar-refractivity contribution >= 4 is 16.9 Å². The molecular formula is C18H17NO3. The van der Waals surface area contributed by atoms with Gasteiger partial charge in [-0.25, -0.2) is 0 Å². The highest BCUT2D eigenvalue weighted by atomic mass is 16.5. The van der Waals surface area contributed by atoms with Crippen LogP contribution in [0.25, 0.3) is 22.2 Å². The van der Waals surface area contributed by atoms with E-state index >= 15 is 0 Å². The molecule has 0 aliphatic carbocycles. The molecule has 0 amide bonds. The maximum Gasteiger partial charge on any atom is 0.303 e. The van der Waals surface area contributed by atoms with Gasteiger partial charge in [-0.15, -0.1) is 0 Å². The molecular weight excluding hydrogens is 278 g/mol. The number of carboxylic acids is 1. The fraction of sp³-hybridized carbons (Fsp3) is 0.167. The average Bonchev–Trinajstić information content (AvgIpc) is 2.96. The summed E-state index contributed by atoms with van der Waals surface area (Å²) in [6.45, 7) is 0. The monoisotopic (exact) mass is 295 g/mol. The van der Waals surface area contributed by atoms with Crippen molar-refractivity contribution < 1.29 is 14.6 Å². The highest BCUT2D eigenvalue weighted by Crippen LogP contribution is 2.26. The summed E-state index contributed by atoms with van der Waals surface area (Å²) >= 11 is 0. The van der Waals surface area contributed by atoms with Crippen molar-refractivity contribution in [3.05, 3.63) is 54.1 Å². The van der Waals surface area contributed by atoms with Crippen LogP contribution in [0.3, 0.4) is 0 Å². The Labute approximate surface area is 128 Å². The number of aromatic amines is 1. The van der Waals surface area contributed by atoms with Crippen molar-refractivity contribution in [2.75, 3.05) is 7.11 Å². The van der Waals surface area contributed by atoms with Crippen LogP contribution in [0.1, 0.15) is 12.0 Å². The van der Waals surface area contributed by atoms with Gasteiger partial charge in [0.1, 0.15) is 5.75 Å². The first-order chi connectivity index (χ1) is 10.7. The molecule has 0 saturated heterocycles. The molecule has 0 atom stereocenters. The number of benzene rings is 2. The Balaban J connectivity index is 1.89. The van der Waals surface area contributed by atoms with E-state index in [2.05, 4.69) is 11.1 Å². The van der Waals surface area contributed by atoms with Crippen molar-refractivity contribution in [2.45, 2.75) is 12.8 Å². The summed E-state index contributed by atoms with van der Waals surface area (Å²) < 4.78 is 5.17. The smallest absolute Gasteiger partial charge is 0.303 e. The number of aryl methyl sites for hydroxylation is 1. The van der Waals surface area contributed by atoms with Crippen molar-refractivity contribution in [1.82, 2.24) is 4.98 Å². The van der Waals surface area contributed by atoms with Crippen LogP contribution >= 0.6 is 0 Å². The molecule has 22 heavy (non-hydrogen) atoms. The van der Waals surface area contributed by atoms with E-state index in [0.717, 1.165) is 33.5 Å². The molecule has 0 aliphatic heterocycles. The Bertz CT molecular complexity index is 803. The molecule has 0 unspecified atom stereocenters. The van der Waals surface area contributed by atoms with Crippen LogP contribution < -0.4 is 4.74 Å². The Morgan fingerprint density at radius 3 is 2.59 bits per heavy atom. The molecule has 0 bridgehead atoms. The van der Waals surface area contributed by atoms with Gasteiger partial charge in [0, 0.05) is 23.0 Å². The van der Waals surface area contributed by atoms with Gasteiger partial charge in [-0.3, -0.25) is 4.79 Å². The maximum absolute atomic E-state index is 10.7. The second-order valence-electron chi connectivity index (χ2n) is 5.23. The first-order valence-electron chi connectivity index (χ1n) is 7.13. The number of carboxylic acid groups (broad SMARTS) is 1. The second kappa shape index (κ2) is 5.93. The molecule has 0 radical (unpaired) electrons. The number of ether oxygens (including phenoxy) is 1. The lowest BCUT2D eigenvalue weighted by atomic mass is 10.1. The zero-order chi connectivity index (χ0) is 15.5. The van der Waals surface area contributed by atoms with Gasteiger partial charge in [-0.05, 0) is 60.0 Å². The predicted molar refractivity (Wildman–Crippen MR) is 86.2 cm³/mol. The molecule has 1 aromatic heterocycles. The first kappa shape index (κ1) is 14.2. The topological polar surface area (TPSA) is 62.3 Å². The molecule has 4 heteroatoms. The van der Waals surface area contributed by atoms with E-state index in [9.17, 15) is 4.79 Å². The molecule has 0 aliphatic rings. The third kappa shape index (κ3) is 2.96. The number of nitrogens with one attached hydrogen (secondary N) is 1. The highest BCUT2D eigenvalue weighted by molar-refractivity contribution is 5.86. The number of fused-ring (bicyclic) bond motifs is 1. The largest absolute Gasteiger partial charge is 0.497 e. The Morgan fingerprint density at radius 1 is 1.14 bits per heavy atom. The van der Waals surface area contributed by atoms with E-state index in [0.29, 0.717) is 6.42 Å². The Morgan fingerprint density at radius 2 is 1.91 bits per heavy atom. The third-order valence-corrected chi connectivity index (χ3v) is 3.71. The summed E-state index contributed by atoms with van der Waals surface area (Å²) in [6, 6.07) is 16.0. The summed E-state index contributed by atoms with van der Waals surface area (Å²) in [4.78, 5) is 14.0. The van der Waals surface area contributed by atoms with Gasteiger partial charge in [0.05, 0.1) is 7.11 Å². The fourth-order valence-electron chi connectivity index (χ4n) is 2.51. The number of aromatic nitrogens is 1. The zero-order valence-corrected chi connectivity index (χ0v) is 12.3. The Hall–Kier alpha value is -2.75. The third-order valence-electron chi connectivity index (χ3n) is 3.71. The molecule has 4 nitrogen and oxygen atoms in total. The number of hydrogen-bond donors (Lipinski definition) is 2. The lowest BCUT2D eigenvalue weighted by Gasteiger charge is -2.01. The minimum absolute atomic E-state index is 0.154. The Kier molecular flexibility index (Phi) is 3.83. The van der Waals surface area contributed by atoms with Crippen molar-refractivity contribution in [2.24, 2.45) is 0 Å². The standard InChI is InChI=1S/C18H17NO3/c1-22-15-6-4-13(5-7-15)17-11-14-10-12(3-9-18(20)21)2-8-16(14)19-17/h2,4-8,10-11,19H,3,9H2,1H3,(H,20,21). The van der Waals surface area contributed by atoms with Crippen LogP contribution in [-0.4, -0.2) is 23.2 Å². The van der Waals surface area contributed by atoms with Gasteiger partial charge in [0.2, 0.25) is 0 Å². The SMILES string of the molecule is COc1ccc(-c2cc3cc(CCC(=O)O)ccc3[nH]2)cc1. The van der Waals surface area contributed by atoms with E-state index in [1.165, 1.54) is 0 Å². The van der Waals surface area contributed by atoms with Crippen LogP contribution in [-0.2, 0) is 11.2 Å². The molecule has 3 aromatic rings. The average molecular weight is 295 g/mol. The highest BCUT2D eigenvalue weighted by Gasteiger charge is 2.06. The number of H-pyrrole nitrogens is 1. The number of carbonyl (C=O) groups is 1. The van der Waals surface area contributed by atoms with Crippen molar-refractivity contribution in [3.63, 3.8) is 0 Å². The first-order valence-corrected chi connectivity index (χ1v) is 7.13. The van der Waals surface area contributed by atoms with Crippen molar-refractivity contribution in [1.29, 1.82) is 0 Å². The summed E-state index contributed by atoms with van der Waals surface area (Å²) in [5, 5.41) is 9.86. The number of hydrogen-bond acceptors (Lipinski definition) is 2. The lowest BCUT2D eigenvalue weighted by Crippen LogP contribution is -1.96. The van der Waals surface area contributed by atoms with E-state index in [-0.39, 0.29) is 6.42 Å². The zero-order valence-electron chi connectivity index (χ0n) is 12.3. The molecule has 0 spiro atoms. The summed E-state index contributed by atoms with van der Waals surface area (Å²) in [5.41, 5.74) is 4.21. The van der Waals surface area contributed by atoms with Gasteiger partial charge in [0.15, 0.2) is 0 Å². The lowest BCUT2D eigenvalue weighted by molar-refractivity contribution is -0.136. The van der Waals surface area contributed by atoms with Gasteiger partial charge < -0.3 is 14.8 Å². The molecule has 0 fully saturated rings. The minimum atomic E-state index is -0.770. The van der Waals surface area contributed by atoms with E-state index in [1.807, 2.05) is 42.5 Å². The second-order valence-corrected chi connectivity index (χ2v) is 5.23. The molecule has 112 valence electrons. The quantitative estimate of drug-likeness (QED) is 0.751. The predicted octanol–water partition coefficient (Wildman–Crippen LogP) is 3.86. The van der Waals surface area contributed by atoms with E-state index in [4.69, 9.17) is 9.84 Å². The van der Waals surface area contributed by atoms with Crippen LogP contribution in [0.4, 0.5) is 0 Å². The molecule has 3 rings (SSSR count). The van der Waals surface area contributed by atoms with Crippen LogP contribution in [0, 0.1) is 0 Å². The number of aliphatic carboxylic acids is 1. The molecule has 1 heterocycles. The van der Waals surface area contributed by atoms with Crippen LogP contribution in [0.2, 0.25) is 0 Å².